The summed E-state index contributed by atoms with van der Waals surface area (Å²) in [6, 6.07) is 6.82. The van der Waals surface area contributed by atoms with Gasteiger partial charge >= 0.3 is 0 Å². The van der Waals surface area contributed by atoms with E-state index >= 15 is 0 Å². The number of hydrogen-bond acceptors (Lipinski definition) is 3. The van der Waals surface area contributed by atoms with Crippen LogP contribution in [-0.2, 0) is 11.3 Å². The van der Waals surface area contributed by atoms with E-state index in [9.17, 15) is 4.79 Å². The molecule has 0 unspecified atom stereocenters. The molecule has 3 rings (SSSR count). The maximum absolute atomic E-state index is 12.0. The van der Waals surface area contributed by atoms with E-state index in [0.29, 0.717) is 12.6 Å². The topological polar surface area (TPSA) is 35.6 Å². The molecular formula is C16H22ClN3O. The Hall–Kier alpha value is -1.26. The van der Waals surface area contributed by atoms with Crippen molar-refractivity contribution in [2.45, 2.75) is 31.8 Å². The minimum absolute atomic E-state index is 0.170. The van der Waals surface area contributed by atoms with Gasteiger partial charge in [-0.3, -0.25) is 4.79 Å². The predicted octanol–water partition coefficient (Wildman–Crippen LogP) is 2.26. The van der Waals surface area contributed by atoms with Crippen LogP contribution in [0, 0.1) is 0 Å². The largest absolute Gasteiger partial charge is 0.362 e. The number of nitrogens with zero attached hydrogens (tertiary/aromatic N) is 2. The average Bonchev–Trinajstić information content (AvgIpc) is 3.28. The smallest absolute Gasteiger partial charge is 0.241 e. The van der Waals surface area contributed by atoms with Gasteiger partial charge in [0.05, 0.1) is 6.54 Å². The molecule has 0 aromatic heterocycles. The Morgan fingerprint density at radius 1 is 1.33 bits per heavy atom. The summed E-state index contributed by atoms with van der Waals surface area (Å²) in [5.41, 5.74) is 2.17. The van der Waals surface area contributed by atoms with Crippen LogP contribution < -0.4 is 10.2 Å². The highest BCUT2D eigenvalue weighted by Crippen LogP contribution is 2.26. The van der Waals surface area contributed by atoms with Crippen molar-refractivity contribution in [3.05, 3.63) is 28.8 Å². The summed E-state index contributed by atoms with van der Waals surface area (Å²) in [5, 5.41) is 4.26. The quantitative estimate of drug-likeness (QED) is 0.927. The Bertz CT molecular complexity index is 530. The Morgan fingerprint density at radius 3 is 2.86 bits per heavy atom. The highest BCUT2D eigenvalue weighted by molar-refractivity contribution is 6.31. The Balaban J connectivity index is 1.69. The molecule has 1 aliphatic heterocycles. The molecule has 0 radical (unpaired) electrons. The SMILES string of the molecule is CN1CCCN(c2ccc(CNC3CC3)c(Cl)c2)CC1=O. The molecule has 1 saturated heterocycles. The monoisotopic (exact) mass is 307 g/mol. The molecule has 1 aromatic rings. The maximum Gasteiger partial charge on any atom is 0.241 e. The van der Waals surface area contributed by atoms with Gasteiger partial charge in [-0.25, -0.2) is 0 Å². The number of amides is 1. The number of carbonyl (C=O) groups excluding carboxylic acids is 1. The van der Waals surface area contributed by atoms with Crippen molar-refractivity contribution in [1.82, 2.24) is 10.2 Å². The number of nitrogens with one attached hydrogen (secondary N) is 1. The van der Waals surface area contributed by atoms with E-state index in [1.54, 1.807) is 4.90 Å². The lowest BCUT2D eigenvalue weighted by Gasteiger charge is -2.22. The molecule has 1 heterocycles. The van der Waals surface area contributed by atoms with E-state index in [-0.39, 0.29) is 5.91 Å². The van der Waals surface area contributed by atoms with Crippen LogP contribution in [0.2, 0.25) is 5.02 Å². The fourth-order valence-corrected chi connectivity index (χ4v) is 2.87. The van der Waals surface area contributed by atoms with Crippen molar-refractivity contribution in [2.75, 3.05) is 31.6 Å². The van der Waals surface area contributed by atoms with E-state index in [1.165, 1.54) is 12.8 Å². The fourth-order valence-electron chi connectivity index (χ4n) is 2.62. The third-order valence-corrected chi connectivity index (χ3v) is 4.59. The Labute approximate surface area is 131 Å². The van der Waals surface area contributed by atoms with Crippen molar-refractivity contribution in [3.63, 3.8) is 0 Å². The first-order valence-corrected chi connectivity index (χ1v) is 8.02. The number of halogens is 1. The summed E-state index contributed by atoms with van der Waals surface area (Å²) in [5.74, 6) is 0.170. The lowest BCUT2D eigenvalue weighted by atomic mass is 10.2. The molecule has 4 nitrogen and oxygen atoms in total. The van der Waals surface area contributed by atoms with Gasteiger partial charge in [-0.1, -0.05) is 17.7 Å². The summed E-state index contributed by atoms with van der Waals surface area (Å²) >= 11 is 6.40. The van der Waals surface area contributed by atoms with Crippen molar-refractivity contribution >= 4 is 23.2 Å². The molecule has 1 aliphatic carbocycles. The molecule has 2 aliphatic rings. The first-order valence-electron chi connectivity index (χ1n) is 7.64. The first kappa shape index (κ1) is 14.7. The van der Waals surface area contributed by atoms with Gasteiger partial charge in [0, 0.05) is 43.4 Å². The molecule has 1 aromatic carbocycles. The van der Waals surface area contributed by atoms with Crippen molar-refractivity contribution in [2.24, 2.45) is 0 Å². The van der Waals surface area contributed by atoms with Gasteiger partial charge < -0.3 is 15.1 Å². The van der Waals surface area contributed by atoms with Gasteiger partial charge in [-0.05, 0) is 37.0 Å². The van der Waals surface area contributed by atoms with E-state index in [1.807, 2.05) is 13.1 Å². The fraction of sp³-hybridized carbons (Fsp3) is 0.562. The molecule has 114 valence electrons. The van der Waals surface area contributed by atoms with Crippen molar-refractivity contribution in [3.8, 4) is 0 Å². The predicted molar refractivity (Wildman–Crippen MR) is 85.8 cm³/mol. The summed E-state index contributed by atoms with van der Waals surface area (Å²) in [4.78, 5) is 15.9. The zero-order valence-electron chi connectivity index (χ0n) is 12.4. The molecule has 0 bridgehead atoms. The van der Waals surface area contributed by atoms with Crippen molar-refractivity contribution < 1.29 is 4.79 Å². The molecule has 0 atom stereocenters. The highest BCUT2D eigenvalue weighted by Gasteiger charge is 2.21. The normalized spacial score (nSPS) is 19.8. The van der Waals surface area contributed by atoms with Gasteiger partial charge in [0.1, 0.15) is 0 Å². The second kappa shape index (κ2) is 6.24. The second-order valence-corrected chi connectivity index (χ2v) is 6.43. The number of anilines is 1. The Morgan fingerprint density at radius 2 is 2.14 bits per heavy atom. The molecule has 21 heavy (non-hydrogen) atoms. The second-order valence-electron chi connectivity index (χ2n) is 6.02. The summed E-state index contributed by atoms with van der Waals surface area (Å²) in [7, 11) is 1.87. The van der Waals surface area contributed by atoms with Crippen LogP contribution in [-0.4, -0.2) is 43.5 Å². The molecule has 1 saturated carbocycles. The molecule has 1 N–H and O–H groups in total. The third-order valence-electron chi connectivity index (χ3n) is 4.23. The highest BCUT2D eigenvalue weighted by atomic mass is 35.5. The van der Waals surface area contributed by atoms with E-state index in [4.69, 9.17) is 11.6 Å². The van der Waals surface area contributed by atoms with E-state index in [0.717, 1.165) is 42.3 Å². The maximum atomic E-state index is 12.0. The molecule has 2 fully saturated rings. The van der Waals surface area contributed by atoms with Crippen LogP contribution >= 0.6 is 11.6 Å². The minimum atomic E-state index is 0.170. The molecule has 5 heteroatoms. The van der Waals surface area contributed by atoms with Crippen LogP contribution in [0.1, 0.15) is 24.8 Å². The minimum Gasteiger partial charge on any atom is -0.362 e. The summed E-state index contributed by atoms with van der Waals surface area (Å²) < 4.78 is 0. The van der Waals surface area contributed by atoms with E-state index in [2.05, 4.69) is 22.3 Å². The standard InChI is InChI=1S/C16H22ClN3O/c1-19-7-2-8-20(11-16(19)21)14-6-3-12(15(17)9-14)10-18-13-4-5-13/h3,6,9,13,18H,2,4-5,7-8,10-11H2,1H3. The van der Waals surface area contributed by atoms with Crippen LogP contribution in [0.25, 0.3) is 0 Å². The third kappa shape index (κ3) is 3.69. The molecular weight excluding hydrogens is 286 g/mol. The van der Waals surface area contributed by atoms with Crippen LogP contribution in [0.15, 0.2) is 18.2 Å². The van der Waals surface area contributed by atoms with Crippen LogP contribution in [0.4, 0.5) is 5.69 Å². The molecule has 1 amide bonds. The van der Waals surface area contributed by atoms with Gasteiger partial charge in [0.25, 0.3) is 0 Å². The van der Waals surface area contributed by atoms with Crippen LogP contribution in [0.3, 0.4) is 0 Å². The number of carbonyl (C=O) groups is 1. The summed E-state index contributed by atoms with van der Waals surface area (Å²) in [6.07, 6.45) is 3.54. The zero-order chi connectivity index (χ0) is 14.8. The van der Waals surface area contributed by atoms with Crippen LogP contribution in [0.5, 0.6) is 0 Å². The molecule has 0 spiro atoms. The lowest BCUT2D eigenvalue weighted by Crippen LogP contribution is -2.34. The van der Waals surface area contributed by atoms with Gasteiger partial charge in [0.15, 0.2) is 0 Å². The van der Waals surface area contributed by atoms with Crippen molar-refractivity contribution in [1.29, 1.82) is 0 Å². The number of likely N-dealkylation sites (N-methyl/N-ethyl adjacent to an activating group) is 1. The number of hydrogen-bond donors (Lipinski definition) is 1. The zero-order valence-corrected chi connectivity index (χ0v) is 13.2. The summed E-state index contributed by atoms with van der Waals surface area (Å²) in [6.45, 7) is 2.98. The number of benzene rings is 1. The average molecular weight is 308 g/mol. The van der Waals surface area contributed by atoms with E-state index < -0.39 is 0 Å². The van der Waals surface area contributed by atoms with Gasteiger partial charge in [-0.2, -0.15) is 0 Å². The first-order chi connectivity index (χ1) is 10.1. The van der Waals surface area contributed by atoms with Gasteiger partial charge in [0.2, 0.25) is 5.91 Å². The lowest BCUT2D eigenvalue weighted by molar-refractivity contribution is -0.127. The Kier molecular flexibility index (Phi) is 4.36. The number of rotatable bonds is 4. The van der Waals surface area contributed by atoms with Gasteiger partial charge in [-0.15, -0.1) is 0 Å².